The van der Waals surface area contributed by atoms with Crippen molar-refractivity contribution < 1.29 is 70.2 Å². The summed E-state index contributed by atoms with van der Waals surface area (Å²) in [5.74, 6) is -8.09. The van der Waals surface area contributed by atoms with Crippen LogP contribution in [0, 0.1) is 5.92 Å². The number of halogens is 16. The van der Waals surface area contributed by atoms with Crippen LogP contribution < -0.4 is 0 Å². The van der Waals surface area contributed by atoms with Gasteiger partial charge in [-0.05, 0) is 12.8 Å². The van der Waals surface area contributed by atoms with Gasteiger partial charge in [0.2, 0.25) is 5.92 Å². The van der Waals surface area contributed by atoms with Gasteiger partial charge in [0.25, 0.3) is 11.3 Å². The van der Waals surface area contributed by atoms with Gasteiger partial charge in [-0.3, -0.25) is 0 Å². The summed E-state index contributed by atoms with van der Waals surface area (Å²) >= 11 is 0. The van der Waals surface area contributed by atoms with E-state index in [2.05, 4.69) is 0 Å². The molecular formula is C12H10F16. The normalized spacial score (nSPS) is 16.1. The van der Waals surface area contributed by atoms with Crippen LogP contribution in [-0.4, -0.2) is 42.0 Å². The van der Waals surface area contributed by atoms with Crippen molar-refractivity contribution in [3.8, 4) is 0 Å². The Hall–Kier alpha value is -1.12. The summed E-state index contributed by atoms with van der Waals surface area (Å²) < 4.78 is 203. The first-order valence-electron chi connectivity index (χ1n) is 6.81. The van der Waals surface area contributed by atoms with Crippen LogP contribution in [0.1, 0.15) is 26.2 Å². The van der Waals surface area contributed by atoms with Crippen LogP contribution >= 0.6 is 0 Å². The van der Waals surface area contributed by atoms with Crippen LogP contribution in [0.5, 0.6) is 0 Å². The maximum atomic E-state index is 13.6. The fraction of sp³-hybridized carbons (Fsp3) is 1.00. The molecule has 0 aromatic heterocycles. The molecular weight excluding hydrogens is 448 g/mol. The van der Waals surface area contributed by atoms with Crippen molar-refractivity contribution in [2.24, 2.45) is 5.92 Å². The lowest BCUT2D eigenvalue weighted by Gasteiger charge is -2.37. The predicted octanol–water partition coefficient (Wildman–Crippen LogP) is 7.09. The Kier molecular flexibility index (Phi) is 7.00. The van der Waals surface area contributed by atoms with Crippen molar-refractivity contribution in [3.63, 3.8) is 0 Å². The van der Waals surface area contributed by atoms with Gasteiger partial charge in [0.1, 0.15) is 0 Å². The number of alkyl halides is 16. The average Bonchev–Trinajstić information content (AvgIpc) is 2.30. The Morgan fingerprint density at radius 1 is 0.429 bits per heavy atom. The molecule has 0 rings (SSSR count). The molecule has 0 unspecified atom stereocenters. The lowest BCUT2D eigenvalue weighted by atomic mass is 9.80. The molecule has 0 amide bonds. The van der Waals surface area contributed by atoms with Gasteiger partial charge in [-0.1, -0.05) is 0 Å². The molecule has 170 valence electrons. The molecule has 0 aromatic carbocycles. The molecule has 28 heavy (non-hydrogen) atoms. The Morgan fingerprint density at radius 2 is 0.643 bits per heavy atom. The van der Waals surface area contributed by atoms with Crippen LogP contribution in [-0.2, 0) is 0 Å². The fourth-order valence-electron chi connectivity index (χ4n) is 2.30. The van der Waals surface area contributed by atoms with Crippen LogP contribution in [0.4, 0.5) is 70.2 Å². The molecule has 0 nitrogen and oxygen atoms in total. The largest absolute Gasteiger partial charge is 0.431 e. The highest BCUT2D eigenvalue weighted by molar-refractivity contribution is 5.01. The Bertz CT molecular complexity index is 444. The first kappa shape index (κ1) is 26.9. The van der Waals surface area contributed by atoms with Crippen molar-refractivity contribution in [2.45, 2.75) is 68.2 Å². The molecule has 0 spiro atoms. The maximum Gasteiger partial charge on any atom is 0.431 e. The fourth-order valence-corrected chi connectivity index (χ4v) is 2.30. The number of hydrogen-bond acceptors (Lipinski definition) is 0. The van der Waals surface area contributed by atoms with Crippen LogP contribution in [0.25, 0.3) is 0 Å². The van der Waals surface area contributed by atoms with Gasteiger partial charge < -0.3 is 0 Å². The third kappa shape index (κ3) is 5.70. The van der Waals surface area contributed by atoms with Crippen molar-refractivity contribution in [1.82, 2.24) is 0 Å². The summed E-state index contributed by atoms with van der Waals surface area (Å²) in [5.41, 5.74) is -12.9. The van der Waals surface area contributed by atoms with Crippen LogP contribution in [0.15, 0.2) is 0 Å². The second-order valence-electron chi connectivity index (χ2n) is 6.14. The summed E-state index contributed by atoms with van der Waals surface area (Å²) in [6.07, 6.45) is -36.9. The molecule has 0 aliphatic heterocycles. The predicted molar refractivity (Wildman–Crippen MR) is 59.9 cm³/mol. The van der Waals surface area contributed by atoms with E-state index in [9.17, 15) is 70.2 Å². The first-order valence-corrected chi connectivity index (χ1v) is 6.81. The molecule has 0 fully saturated rings. The van der Waals surface area contributed by atoms with Crippen LogP contribution in [0.3, 0.4) is 0 Å². The van der Waals surface area contributed by atoms with Crippen molar-refractivity contribution >= 4 is 0 Å². The molecule has 0 radical (unpaired) electrons. The zero-order chi connectivity index (χ0) is 23.2. The van der Waals surface area contributed by atoms with E-state index in [0.717, 1.165) is 0 Å². The van der Waals surface area contributed by atoms with Gasteiger partial charge in [0.05, 0.1) is 0 Å². The third-order valence-electron chi connectivity index (χ3n) is 3.58. The van der Waals surface area contributed by atoms with E-state index in [4.69, 9.17) is 0 Å². The second kappa shape index (κ2) is 7.29. The van der Waals surface area contributed by atoms with Gasteiger partial charge in [-0.15, -0.1) is 0 Å². The summed E-state index contributed by atoms with van der Waals surface area (Å²) in [6, 6.07) is 0. The van der Waals surface area contributed by atoms with E-state index in [0.29, 0.717) is 0 Å². The minimum Gasteiger partial charge on any atom is -0.224 e. The van der Waals surface area contributed by atoms with Gasteiger partial charge in [0, 0.05) is 19.3 Å². The van der Waals surface area contributed by atoms with Gasteiger partial charge in [0.15, 0.2) is 0 Å². The molecule has 0 saturated heterocycles. The smallest absolute Gasteiger partial charge is 0.224 e. The summed E-state index contributed by atoms with van der Waals surface area (Å²) in [5, 5.41) is 0. The molecule has 0 aliphatic rings. The number of hydrogen-bond donors (Lipinski definition) is 0. The topological polar surface area (TPSA) is 0 Å². The first-order chi connectivity index (χ1) is 11.8. The minimum absolute atomic E-state index is 0.276. The maximum absolute atomic E-state index is 13.6. The van der Waals surface area contributed by atoms with E-state index in [1.54, 1.807) is 0 Å². The summed E-state index contributed by atoms with van der Waals surface area (Å²) in [6.45, 7) is -0.276. The second-order valence-corrected chi connectivity index (χ2v) is 6.14. The van der Waals surface area contributed by atoms with Crippen molar-refractivity contribution in [1.29, 1.82) is 0 Å². The minimum atomic E-state index is -6.94. The van der Waals surface area contributed by atoms with Gasteiger partial charge in [-0.25, -0.2) is 17.6 Å². The van der Waals surface area contributed by atoms with Gasteiger partial charge >= 0.3 is 24.7 Å². The zero-order valence-electron chi connectivity index (χ0n) is 13.2. The van der Waals surface area contributed by atoms with Gasteiger partial charge in [-0.2, -0.15) is 52.7 Å². The molecule has 0 heterocycles. The highest BCUT2D eigenvalue weighted by Gasteiger charge is 2.76. The average molecular weight is 458 g/mol. The monoisotopic (exact) mass is 458 g/mol. The molecule has 0 N–H and O–H groups in total. The molecule has 0 saturated carbocycles. The molecule has 0 aromatic rings. The van der Waals surface area contributed by atoms with Crippen molar-refractivity contribution in [3.05, 3.63) is 0 Å². The Labute approximate surface area is 145 Å². The highest BCUT2D eigenvalue weighted by Crippen LogP contribution is 2.55. The molecule has 0 aliphatic carbocycles. The molecule has 0 bridgehead atoms. The van der Waals surface area contributed by atoms with Crippen LogP contribution in [0.2, 0.25) is 0 Å². The lowest BCUT2D eigenvalue weighted by Crippen LogP contribution is -2.57. The lowest BCUT2D eigenvalue weighted by molar-refractivity contribution is -0.357. The highest BCUT2D eigenvalue weighted by atomic mass is 19.4. The number of rotatable bonds is 6. The van der Waals surface area contributed by atoms with E-state index < -0.39 is 67.1 Å². The summed E-state index contributed by atoms with van der Waals surface area (Å²) in [4.78, 5) is 0. The zero-order valence-corrected chi connectivity index (χ0v) is 13.2. The van der Waals surface area contributed by atoms with E-state index in [-0.39, 0.29) is 6.92 Å². The Morgan fingerprint density at radius 3 is 0.786 bits per heavy atom. The Balaban J connectivity index is 6.31. The molecule has 0 atom stereocenters. The summed E-state index contributed by atoms with van der Waals surface area (Å²) in [7, 11) is 0. The third-order valence-corrected chi connectivity index (χ3v) is 3.58. The van der Waals surface area contributed by atoms with E-state index in [1.165, 1.54) is 0 Å². The van der Waals surface area contributed by atoms with E-state index >= 15 is 0 Å². The van der Waals surface area contributed by atoms with Crippen molar-refractivity contribution in [2.75, 3.05) is 0 Å². The quantitative estimate of drug-likeness (QED) is 0.373. The molecule has 16 heteroatoms. The standard InChI is InChI=1S/C12H10F16/c1-6(13,14)2-5(3-7(15,9(17,18)19)10(20,21)22)4-8(16,11(23,24)25)12(26,27)28/h5H,2-4H2,1H3. The van der Waals surface area contributed by atoms with E-state index in [1.807, 2.05) is 0 Å². The SMILES string of the molecule is CC(F)(F)CC(CC(F)(C(F)(F)F)C(F)(F)F)CC(F)(C(F)(F)F)C(F)(F)F.